The minimum absolute atomic E-state index is 0.294. The number of esters is 1. The van der Waals surface area contributed by atoms with Crippen molar-refractivity contribution in [3.05, 3.63) is 29.8 Å². The van der Waals surface area contributed by atoms with E-state index in [0.29, 0.717) is 5.56 Å². The van der Waals surface area contributed by atoms with Crippen LogP contribution in [0.4, 0.5) is 0 Å². The maximum Gasteiger partial charge on any atom is 0.330 e. The molecule has 24 heavy (non-hydrogen) atoms. The van der Waals surface area contributed by atoms with Crippen molar-refractivity contribution in [3.63, 3.8) is 0 Å². The predicted molar refractivity (Wildman–Crippen MR) is 78.7 cm³/mol. The number of aliphatic hydroxyl groups excluding tert-OH is 4. The molecule has 0 saturated carbocycles. The van der Waals surface area contributed by atoms with Gasteiger partial charge in [0.15, 0.2) is 17.8 Å². The lowest BCUT2D eigenvalue weighted by Gasteiger charge is -2.37. The highest BCUT2D eigenvalue weighted by Crippen LogP contribution is 2.25. The maximum atomic E-state index is 11.6. The predicted octanol–water partition coefficient (Wildman–Crippen LogP) is -1.55. The van der Waals surface area contributed by atoms with Gasteiger partial charge in [-0.15, -0.1) is 0 Å². The monoisotopic (exact) mass is 342 g/mol. The van der Waals surface area contributed by atoms with Crippen molar-refractivity contribution in [1.82, 2.24) is 0 Å². The fourth-order valence-corrected chi connectivity index (χ4v) is 2.09. The van der Waals surface area contributed by atoms with Crippen molar-refractivity contribution in [2.75, 3.05) is 6.61 Å². The number of carbonyl (C=O) groups excluding carboxylic acids is 1. The van der Waals surface area contributed by atoms with Crippen molar-refractivity contribution < 1.29 is 44.9 Å². The van der Waals surface area contributed by atoms with Crippen LogP contribution in [0.3, 0.4) is 0 Å². The van der Waals surface area contributed by atoms with Gasteiger partial charge in [0.25, 0.3) is 0 Å². The number of rotatable bonds is 4. The number of hydrogen-bond acceptors (Lipinski definition) is 9. The molecule has 1 fully saturated rings. The molecule has 1 aromatic carbocycles. The second-order valence-electron chi connectivity index (χ2n) is 5.25. The molecule has 0 unspecified atom stereocenters. The quantitative estimate of drug-likeness (QED) is 0.217. The van der Waals surface area contributed by atoms with Crippen LogP contribution in [0, 0.1) is 0 Å². The Morgan fingerprint density at radius 1 is 1.08 bits per heavy atom. The summed E-state index contributed by atoms with van der Waals surface area (Å²) in [5.41, 5.74) is 0.435. The van der Waals surface area contributed by atoms with E-state index >= 15 is 0 Å². The number of aliphatic hydroxyl groups is 4. The van der Waals surface area contributed by atoms with E-state index in [4.69, 9.17) is 9.47 Å². The number of phenols is 2. The maximum absolute atomic E-state index is 11.6. The average Bonchev–Trinajstić information content (AvgIpc) is 2.56. The molecule has 0 aliphatic carbocycles. The molecule has 0 radical (unpaired) electrons. The molecule has 0 aromatic heterocycles. The molecule has 5 atom stereocenters. The average molecular weight is 342 g/mol. The lowest BCUT2D eigenvalue weighted by atomic mass is 9.99. The highest BCUT2D eigenvalue weighted by atomic mass is 16.6. The van der Waals surface area contributed by atoms with E-state index in [-0.39, 0.29) is 11.5 Å². The van der Waals surface area contributed by atoms with Crippen molar-refractivity contribution in [2.45, 2.75) is 30.7 Å². The summed E-state index contributed by atoms with van der Waals surface area (Å²) in [5, 5.41) is 56.4. The Bertz CT molecular complexity index is 615. The van der Waals surface area contributed by atoms with Crippen LogP contribution in [0.5, 0.6) is 11.5 Å². The molecule has 1 saturated heterocycles. The molecular weight excluding hydrogens is 324 g/mol. The third-order valence-electron chi connectivity index (χ3n) is 3.49. The molecule has 1 heterocycles. The van der Waals surface area contributed by atoms with E-state index in [2.05, 4.69) is 0 Å². The third-order valence-corrected chi connectivity index (χ3v) is 3.49. The molecule has 9 nitrogen and oxygen atoms in total. The summed E-state index contributed by atoms with van der Waals surface area (Å²) in [6.07, 6.45) is -5.36. The SMILES string of the molecule is O=C(/C=C/c1ccc(O)c(O)c1)OC[C@H]1O[C@@H](O)[C@H](O)[C@@H](O)[C@@H]1O. The van der Waals surface area contributed by atoms with Crippen LogP contribution < -0.4 is 0 Å². The normalized spacial score (nSPS) is 30.4. The van der Waals surface area contributed by atoms with Crippen LogP contribution in [0.1, 0.15) is 5.56 Å². The molecule has 9 heteroatoms. The Morgan fingerprint density at radius 3 is 2.46 bits per heavy atom. The molecule has 0 bridgehead atoms. The summed E-state index contributed by atoms with van der Waals surface area (Å²) in [7, 11) is 0. The molecular formula is C15H18O9. The molecule has 0 amide bonds. The zero-order valence-corrected chi connectivity index (χ0v) is 12.4. The van der Waals surface area contributed by atoms with Crippen LogP contribution in [0.2, 0.25) is 0 Å². The van der Waals surface area contributed by atoms with E-state index in [1.807, 2.05) is 0 Å². The van der Waals surface area contributed by atoms with E-state index in [1.54, 1.807) is 0 Å². The smallest absolute Gasteiger partial charge is 0.330 e. The minimum Gasteiger partial charge on any atom is -0.504 e. The van der Waals surface area contributed by atoms with Crippen LogP contribution in [-0.2, 0) is 14.3 Å². The Kier molecular flexibility index (Phi) is 5.75. The molecule has 1 aliphatic rings. The molecule has 0 spiro atoms. The lowest BCUT2D eigenvalue weighted by molar-refractivity contribution is -0.287. The molecule has 6 N–H and O–H groups in total. The zero-order chi connectivity index (χ0) is 17.9. The second-order valence-corrected chi connectivity index (χ2v) is 5.25. The van der Waals surface area contributed by atoms with Crippen molar-refractivity contribution in [1.29, 1.82) is 0 Å². The van der Waals surface area contributed by atoms with Crippen LogP contribution in [-0.4, -0.2) is 73.9 Å². The van der Waals surface area contributed by atoms with Gasteiger partial charge in [0, 0.05) is 6.08 Å². The van der Waals surface area contributed by atoms with E-state index in [0.717, 1.165) is 6.08 Å². The number of ether oxygens (including phenoxy) is 2. The summed E-state index contributed by atoms with van der Waals surface area (Å²) in [6.45, 7) is -0.452. The van der Waals surface area contributed by atoms with E-state index in [9.17, 15) is 35.4 Å². The first-order valence-electron chi connectivity index (χ1n) is 7.04. The van der Waals surface area contributed by atoms with Crippen LogP contribution in [0.25, 0.3) is 6.08 Å². The fraction of sp³-hybridized carbons (Fsp3) is 0.400. The topological polar surface area (TPSA) is 157 Å². The highest BCUT2D eigenvalue weighted by Gasteiger charge is 2.43. The van der Waals surface area contributed by atoms with Crippen molar-refractivity contribution in [2.24, 2.45) is 0 Å². The highest BCUT2D eigenvalue weighted by molar-refractivity contribution is 5.87. The number of hydrogen-bond donors (Lipinski definition) is 6. The van der Waals surface area contributed by atoms with Crippen LogP contribution >= 0.6 is 0 Å². The first-order chi connectivity index (χ1) is 11.3. The van der Waals surface area contributed by atoms with Gasteiger partial charge in [0.2, 0.25) is 0 Å². The third kappa shape index (κ3) is 4.22. The van der Waals surface area contributed by atoms with Gasteiger partial charge < -0.3 is 40.1 Å². The number of aromatic hydroxyl groups is 2. The molecule has 132 valence electrons. The minimum atomic E-state index is -1.71. The Hall–Kier alpha value is -2.17. The number of phenolic OH excluding ortho intramolecular Hbond substituents is 2. The van der Waals surface area contributed by atoms with Gasteiger partial charge in [-0.2, -0.15) is 0 Å². The molecule has 1 aliphatic heterocycles. The van der Waals surface area contributed by atoms with E-state index < -0.39 is 43.3 Å². The van der Waals surface area contributed by atoms with E-state index in [1.165, 1.54) is 24.3 Å². The van der Waals surface area contributed by atoms with Gasteiger partial charge >= 0.3 is 5.97 Å². The summed E-state index contributed by atoms with van der Waals surface area (Å²) < 4.78 is 9.69. The zero-order valence-electron chi connectivity index (χ0n) is 12.4. The number of carbonyl (C=O) groups is 1. The van der Waals surface area contributed by atoms with Crippen LogP contribution in [0.15, 0.2) is 24.3 Å². The second kappa shape index (κ2) is 7.60. The Balaban J connectivity index is 1.88. The Labute approximate surface area is 136 Å². The standard InChI is InChI=1S/C15H18O9/c16-8-3-1-7(5-9(8)17)2-4-11(18)23-6-10-12(19)13(20)14(21)15(22)24-10/h1-5,10,12-17,19-22H,6H2/b4-2+/t10-,12-,13+,14-,15-/m1/s1. The van der Waals surface area contributed by atoms with Gasteiger partial charge in [-0.3, -0.25) is 0 Å². The largest absolute Gasteiger partial charge is 0.504 e. The summed E-state index contributed by atoms with van der Waals surface area (Å²) in [4.78, 5) is 11.6. The summed E-state index contributed by atoms with van der Waals surface area (Å²) in [5.74, 6) is -1.43. The fourth-order valence-electron chi connectivity index (χ4n) is 2.09. The Morgan fingerprint density at radius 2 is 1.79 bits per heavy atom. The van der Waals surface area contributed by atoms with Gasteiger partial charge in [0.05, 0.1) is 0 Å². The molecule has 2 rings (SSSR count). The van der Waals surface area contributed by atoms with Gasteiger partial charge in [-0.25, -0.2) is 4.79 Å². The first kappa shape index (κ1) is 18.2. The summed E-state index contributed by atoms with van der Waals surface area (Å²) >= 11 is 0. The molecule has 1 aromatic rings. The van der Waals surface area contributed by atoms with Gasteiger partial charge in [-0.1, -0.05) is 6.07 Å². The van der Waals surface area contributed by atoms with Crippen molar-refractivity contribution >= 4 is 12.0 Å². The lowest BCUT2D eigenvalue weighted by Crippen LogP contribution is -2.58. The van der Waals surface area contributed by atoms with Gasteiger partial charge in [-0.05, 0) is 23.8 Å². The first-order valence-corrected chi connectivity index (χ1v) is 7.04. The van der Waals surface area contributed by atoms with Gasteiger partial charge in [0.1, 0.15) is 31.0 Å². The number of benzene rings is 1. The van der Waals surface area contributed by atoms with Crippen molar-refractivity contribution in [3.8, 4) is 11.5 Å². The summed E-state index contributed by atoms with van der Waals surface area (Å²) in [6, 6.07) is 3.95.